The number of aryl methyl sites for hydroxylation is 1. The van der Waals surface area contributed by atoms with Crippen LogP contribution >= 0.6 is 0 Å². The van der Waals surface area contributed by atoms with Gasteiger partial charge in [-0.1, -0.05) is 68.0 Å². The predicted molar refractivity (Wildman–Crippen MR) is 92.8 cm³/mol. The molecule has 0 radical (unpaired) electrons. The van der Waals surface area contributed by atoms with Crippen LogP contribution < -0.4 is 0 Å². The first-order valence-electron chi connectivity index (χ1n) is 8.01. The summed E-state index contributed by atoms with van der Waals surface area (Å²) < 4.78 is 0. The molecule has 0 fully saturated rings. The van der Waals surface area contributed by atoms with Crippen molar-refractivity contribution in [2.45, 2.75) is 32.6 Å². The second-order valence-corrected chi connectivity index (χ2v) is 6.00. The number of hydrogen-bond donors (Lipinski definition) is 0. The zero-order chi connectivity index (χ0) is 14.2. The molecule has 0 heteroatoms. The van der Waals surface area contributed by atoms with E-state index in [0.29, 0.717) is 0 Å². The summed E-state index contributed by atoms with van der Waals surface area (Å²) in [5.74, 6) is 0. The molecule has 104 valence electrons. The van der Waals surface area contributed by atoms with Gasteiger partial charge >= 0.3 is 0 Å². The highest BCUT2D eigenvalue weighted by Crippen LogP contribution is 2.35. The number of benzene rings is 3. The molecule has 0 amide bonds. The van der Waals surface area contributed by atoms with Gasteiger partial charge in [-0.05, 0) is 57.5 Å². The lowest BCUT2D eigenvalue weighted by Gasteiger charge is -2.19. The molecule has 1 aliphatic rings. The van der Waals surface area contributed by atoms with E-state index in [1.807, 2.05) is 0 Å². The molecule has 3 aromatic rings. The van der Waals surface area contributed by atoms with E-state index in [-0.39, 0.29) is 0 Å². The second-order valence-electron chi connectivity index (χ2n) is 6.00. The Kier molecular flexibility index (Phi) is 3.03. The van der Waals surface area contributed by atoms with E-state index in [0.717, 1.165) is 0 Å². The fourth-order valence-corrected chi connectivity index (χ4v) is 3.69. The molecule has 0 heterocycles. The Hall–Kier alpha value is -2.08. The predicted octanol–water partition coefficient (Wildman–Crippen LogP) is 5.90. The zero-order valence-corrected chi connectivity index (χ0v) is 12.5. The smallest absolute Gasteiger partial charge is 0.00964 e. The Bertz CT molecular complexity index is 853. The quantitative estimate of drug-likeness (QED) is 0.509. The first kappa shape index (κ1) is 12.6. The molecule has 0 bridgehead atoms. The third-order valence-corrected chi connectivity index (χ3v) is 4.66. The fraction of sp³-hybridized carbons (Fsp3) is 0.238. The minimum atomic E-state index is 1.18. The second kappa shape index (κ2) is 5.04. The monoisotopic (exact) mass is 272 g/mol. The molecule has 0 saturated carbocycles. The van der Waals surface area contributed by atoms with Crippen LogP contribution in [-0.4, -0.2) is 0 Å². The lowest BCUT2D eigenvalue weighted by molar-refractivity contribution is 0.881. The molecule has 0 unspecified atom stereocenters. The highest BCUT2D eigenvalue weighted by molar-refractivity contribution is 6.10. The van der Waals surface area contributed by atoms with Crippen LogP contribution in [0, 0.1) is 0 Å². The summed E-state index contributed by atoms with van der Waals surface area (Å²) in [5.41, 5.74) is 4.61. The van der Waals surface area contributed by atoms with E-state index < -0.39 is 0 Å². The number of hydrogen-bond acceptors (Lipinski definition) is 0. The van der Waals surface area contributed by atoms with Gasteiger partial charge in [0.05, 0.1) is 0 Å². The summed E-state index contributed by atoms with van der Waals surface area (Å²) in [5, 5.41) is 5.56. The van der Waals surface area contributed by atoms with Crippen molar-refractivity contribution >= 4 is 27.6 Å². The topological polar surface area (TPSA) is 0 Å². The third-order valence-electron chi connectivity index (χ3n) is 4.66. The average molecular weight is 272 g/mol. The molecule has 21 heavy (non-hydrogen) atoms. The summed E-state index contributed by atoms with van der Waals surface area (Å²) in [4.78, 5) is 0. The van der Waals surface area contributed by atoms with Crippen molar-refractivity contribution in [2.75, 3.05) is 0 Å². The lowest BCUT2D eigenvalue weighted by atomic mass is 9.85. The molecule has 0 nitrogen and oxygen atoms in total. The Morgan fingerprint density at radius 3 is 2.76 bits per heavy atom. The van der Waals surface area contributed by atoms with Gasteiger partial charge in [0.1, 0.15) is 0 Å². The third kappa shape index (κ3) is 1.98. The Labute approximate surface area is 126 Å². The molecule has 0 aliphatic heterocycles. The zero-order valence-electron chi connectivity index (χ0n) is 12.5. The van der Waals surface area contributed by atoms with Crippen LogP contribution in [0.4, 0.5) is 0 Å². The summed E-state index contributed by atoms with van der Waals surface area (Å²) in [6, 6.07) is 15.8. The van der Waals surface area contributed by atoms with Crippen molar-refractivity contribution < 1.29 is 0 Å². The van der Waals surface area contributed by atoms with Gasteiger partial charge in [0, 0.05) is 0 Å². The normalized spacial score (nSPS) is 13.8. The van der Waals surface area contributed by atoms with Crippen LogP contribution in [0.2, 0.25) is 0 Å². The maximum atomic E-state index is 2.46. The first-order chi connectivity index (χ1) is 10.4. The van der Waals surface area contributed by atoms with E-state index in [1.54, 1.807) is 11.1 Å². The van der Waals surface area contributed by atoms with Crippen LogP contribution in [0.1, 0.15) is 36.5 Å². The summed E-state index contributed by atoms with van der Waals surface area (Å²) in [6.45, 7) is 2.28. The number of allylic oxidation sites excluding steroid dienone is 1. The van der Waals surface area contributed by atoms with Crippen molar-refractivity contribution in [3.05, 3.63) is 65.2 Å². The van der Waals surface area contributed by atoms with Crippen molar-refractivity contribution in [3.8, 4) is 0 Å². The van der Waals surface area contributed by atoms with Crippen molar-refractivity contribution in [1.29, 1.82) is 0 Å². The fourth-order valence-electron chi connectivity index (χ4n) is 3.69. The molecular weight excluding hydrogens is 252 g/mol. The van der Waals surface area contributed by atoms with E-state index in [9.17, 15) is 0 Å². The van der Waals surface area contributed by atoms with Gasteiger partial charge < -0.3 is 0 Å². The molecule has 0 saturated heterocycles. The summed E-state index contributed by atoms with van der Waals surface area (Å²) in [7, 11) is 0. The Morgan fingerprint density at radius 2 is 1.86 bits per heavy atom. The van der Waals surface area contributed by atoms with Crippen molar-refractivity contribution in [3.63, 3.8) is 0 Å². The summed E-state index contributed by atoms with van der Waals surface area (Å²) >= 11 is 0. The van der Waals surface area contributed by atoms with Gasteiger partial charge in [0.2, 0.25) is 0 Å². The molecule has 3 aromatic carbocycles. The van der Waals surface area contributed by atoms with E-state index in [4.69, 9.17) is 0 Å². The minimum absolute atomic E-state index is 1.18. The van der Waals surface area contributed by atoms with E-state index in [1.165, 1.54) is 52.8 Å². The molecule has 0 spiro atoms. The average Bonchev–Trinajstić information content (AvgIpc) is 2.55. The van der Waals surface area contributed by atoms with Gasteiger partial charge in [0.15, 0.2) is 0 Å². The van der Waals surface area contributed by atoms with Crippen LogP contribution in [0.5, 0.6) is 0 Å². The van der Waals surface area contributed by atoms with Crippen LogP contribution in [0.15, 0.2) is 48.5 Å². The van der Waals surface area contributed by atoms with Crippen molar-refractivity contribution in [1.82, 2.24) is 0 Å². The van der Waals surface area contributed by atoms with Crippen LogP contribution in [0.3, 0.4) is 0 Å². The summed E-state index contributed by atoms with van der Waals surface area (Å²) in [6.07, 6.45) is 9.45. The number of fused-ring (bicyclic) bond motifs is 5. The number of rotatable bonds is 2. The molecule has 0 atom stereocenters. The first-order valence-corrected chi connectivity index (χ1v) is 8.01. The van der Waals surface area contributed by atoms with Gasteiger partial charge in [-0.25, -0.2) is 0 Å². The van der Waals surface area contributed by atoms with E-state index in [2.05, 4.69) is 61.5 Å². The van der Waals surface area contributed by atoms with E-state index >= 15 is 0 Å². The standard InChI is InChI=1S/C21H20/c1-2-7-16-14-21-17-9-4-3-8-15(17)12-13-20(21)19-11-6-5-10-18(16)19/h3-4,6,8-9,11-14H,2,5,7,10H2,1H3. The lowest BCUT2D eigenvalue weighted by Crippen LogP contribution is -2.02. The van der Waals surface area contributed by atoms with Gasteiger partial charge in [-0.15, -0.1) is 0 Å². The molecule has 0 N–H and O–H groups in total. The SMILES string of the molecule is CCCc1cc2c(ccc3ccccc32)c2c1CCC=C2. The maximum Gasteiger partial charge on any atom is -0.00964 e. The van der Waals surface area contributed by atoms with Gasteiger partial charge in [-0.3, -0.25) is 0 Å². The highest BCUT2D eigenvalue weighted by Gasteiger charge is 2.14. The molecule has 4 rings (SSSR count). The molecular formula is C21H20. The van der Waals surface area contributed by atoms with Gasteiger partial charge in [0.25, 0.3) is 0 Å². The van der Waals surface area contributed by atoms with Crippen LogP contribution in [-0.2, 0) is 12.8 Å². The van der Waals surface area contributed by atoms with Crippen molar-refractivity contribution in [2.24, 2.45) is 0 Å². The largest absolute Gasteiger partial charge is 0.0836 e. The maximum absolute atomic E-state index is 2.46. The molecule has 0 aromatic heterocycles. The van der Waals surface area contributed by atoms with Crippen LogP contribution in [0.25, 0.3) is 27.6 Å². The minimum Gasteiger partial charge on any atom is -0.0836 e. The molecule has 1 aliphatic carbocycles. The highest BCUT2D eigenvalue weighted by atomic mass is 14.2. The van der Waals surface area contributed by atoms with Gasteiger partial charge in [-0.2, -0.15) is 0 Å². The Balaban J connectivity index is 2.15. The Morgan fingerprint density at radius 1 is 0.952 bits per heavy atom.